The van der Waals surface area contributed by atoms with Crippen LogP contribution in [-0.4, -0.2) is 23.3 Å². The molecule has 1 aromatic rings. The summed E-state index contributed by atoms with van der Waals surface area (Å²) in [5.41, 5.74) is 0.671. The van der Waals surface area contributed by atoms with E-state index in [0.717, 1.165) is 17.7 Å². The Balaban J connectivity index is 2.06. The monoisotopic (exact) mass is 351 g/mol. The van der Waals surface area contributed by atoms with Gasteiger partial charge in [0.15, 0.2) is 0 Å². The maximum atomic E-state index is 15.4. The van der Waals surface area contributed by atoms with Crippen molar-refractivity contribution in [2.24, 2.45) is 5.41 Å². The Hall–Kier alpha value is -0.905. The Bertz CT molecular complexity index is 699. The summed E-state index contributed by atoms with van der Waals surface area (Å²) in [5, 5.41) is 0.432. The van der Waals surface area contributed by atoms with E-state index in [1.165, 1.54) is 0 Å². The molecule has 0 spiro atoms. The van der Waals surface area contributed by atoms with Crippen molar-refractivity contribution >= 4 is 24.3 Å². The van der Waals surface area contributed by atoms with E-state index in [2.05, 4.69) is 18.8 Å². The smallest absolute Gasteiger partial charge is 0.398 e. The molecule has 0 amide bonds. The van der Waals surface area contributed by atoms with Crippen molar-refractivity contribution in [3.63, 3.8) is 0 Å². The summed E-state index contributed by atoms with van der Waals surface area (Å²) in [6, 6.07) is 3.55. The fourth-order valence-electron chi connectivity index (χ4n) is 3.28. The summed E-state index contributed by atoms with van der Waals surface area (Å²) in [7, 11) is -0.984. The van der Waals surface area contributed by atoms with E-state index in [-0.39, 0.29) is 11.1 Å². The fraction of sp³-hybridized carbons (Fsp3) is 0.611. The van der Waals surface area contributed by atoms with Gasteiger partial charge in [-0.3, -0.25) is 0 Å². The zero-order valence-corrected chi connectivity index (χ0v) is 15.9. The Labute approximate surface area is 148 Å². The number of nitrogens with zero attached hydrogens (tertiary/aromatic N) is 1. The van der Waals surface area contributed by atoms with Gasteiger partial charge in [0.1, 0.15) is 10.9 Å². The van der Waals surface area contributed by atoms with Crippen LogP contribution in [0.5, 0.6) is 0 Å². The molecule has 0 unspecified atom stereocenters. The third-order valence-electron chi connectivity index (χ3n) is 5.32. The summed E-state index contributed by atoms with van der Waals surface area (Å²) >= 11 is 6.03. The summed E-state index contributed by atoms with van der Waals surface area (Å²) in [6.45, 7) is 11.9. The lowest BCUT2D eigenvalue weighted by atomic mass is 9.70. The van der Waals surface area contributed by atoms with E-state index in [4.69, 9.17) is 20.9 Å². The molecule has 0 N–H and O–H groups in total. The predicted octanol–water partition coefficient (Wildman–Crippen LogP) is 5.02. The van der Waals surface area contributed by atoms with Crippen LogP contribution in [0.2, 0.25) is 5.15 Å². The molecule has 0 radical (unpaired) electrons. The normalized spacial score (nSPS) is 26.2. The van der Waals surface area contributed by atoms with Gasteiger partial charge in [-0.25, -0.2) is 9.37 Å². The first kappa shape index (κ1) is 17.9. The van der Waals surface area contributed by atoms with Gasteiger partial charge in [-0.2, -0.15) is 0 Å². The minimum absolute atomic E-state index is 0.0962. The van der Waals surface area contributed by atoms with E-state index in [1.54, 1.807) is 6.07 Å². The van der Waals surface area contributed by atoms with Gasteiger partial charge in [-0.1, -0.05) is 25.4 Å². The number of hydrogen-bond donors (Lipinski definition) is 0. The van der Waals surface area contributed by atoms with E-state index in [0.29, 0.717) is 17.1 Å². The molecule has 3 nitrogen and oxygen atoms in total. The van der Waals surface area contributed by atoms with Crippen molar-refractivity contribution in [1.82, 2.24) is 4.98 Å². The number of aromatic nitrogens is 1. The van der Waals surface area contributed by atoms with Crippen LogP contribution in [0.15, 0.2) is 17.9 Å². The van der Waals surface area contributed by atoms with Gasteiger partial charge in [0.25, 0.3) is 0 Å². The van der Waals surface area contributed by atoms with Gasteiger partial charge in [-0.15, -0.1) is 0 Å². The number of halogens is 2. The molecule has 2 heterocycles. The number of hydrogen-bond acceptors (Lipinski definition) is 3. The minimum atomic E-state index is -0.984. The SMILES string of the molecule is CC1(C)CC(=C(F)B2OC(C)(C)C(C)(C)O2)c2ccc(Cl)nc2C1. The molecule has 1 saturated heterocycles. The Morgan fingerprint density at radius 2 is 1.67 bits per heavy atom. The molecular formula is C18H24BClFNO2. The highest BCUT2D eigenvalue weighted by atomic mass is 35.5. The lowest BCUT2D eigenvalue weighted by molar-refractivity contribution is 0.00578. The number of allylic oxidation sites excluding steroid dienone is 1. The van der Waals surface area contributed by atoms with Crippen molar-refractivity contribution in [1.29, 1.82) is 0 Å². The lowest BCUT2D eigenvalue weighted by Gasteiger charge is -2.33. The highest BCUT2D eigenvalue weighted by molar-refractivity contribution is 6.55. The number of pyridine rings is 1. The summed E-state index contributed by atoms with van der Waals surface area (Å²) in [4.78, 5) is 4.41. The number of rotatable bonds is 1. The standard InChI is InChI=1S/C18H24BClFNO2/c1-16(2)9-12(11-7-8-14(20)22-13(11)10-16)15(21)19-23-17(3,4)18(5,6)24-19/h7-8H,9-10H2,1-6H3. The van der Waals surface area contributed by atoms with Crippen LogP contribution >= 0.6 is 11.6 Å². The summed E-state index contributed by atoms with van der Waals surface area (Å²) < 4.78 is 27.1. The van der Waals surface area contributed by atoms with Crippen LogP contribution < -0.4 is 0 Å². The molecule has 0 bridgehead atoms. The molecule has 3 rings (SSSR count). The lowest BCUT2D eigenvalue weighted by Crippen LogP contribution is -2.41. The molecule has 6 heteroatoms. The first-order valence-electron chi connectivity index (χ1n) is 8.32. The van der Waals surface area contributed by atoms with Gasteiger partial charge >= 0.3 is 7.12 Å². The maximum Gasteiger partial charge on any atom is 0.525 e. The fourth-order valence-corrected chi connectivity index (χ4v) is 3.44. The Morgan fingerprint density at radius 1 is 1.08 bits per heavy atom. The second kappa shape index (κ2) is 5.55. The van der Waals surface area contributed by atoms with Gasteiger partial charge in [0.05, 0.1) is 16.9 Å². The van der Waals surface area contributed by atoms with E-state index < -0.39 is 18.3 Å². The van der Waals surface area contributed by atoms with Crippen molar-refractivity contribution < 1.29 is 13.7 Å². The first-order chi connectivity index (χ1) is 10.9. The molecule has 0 saturated carbocycles. The van der Waals surface area contributed by atoms with Gasteiger partial charge in [0.2, 0.25) is 0 Å². The largest absolute Gasteiger partial charge is 0.525 e. The third-order valence-corrected chi connectivity index (χ3v) is 5.53. The van der Waals surface area contributed by atoms with Gasteiger partial charge in [0, 0.05) is 5.56 Å². The molecule has 24 heavy (non-hydrogen) atoms. The summed E-state index contributed by atoms with van der Waals surface area (Å²) in [5.74, 6) is 0. The minimum Gasteiger partial charge on any atom is -0.398 e. The van der Waals surface area contributed by atoms with Gasteiger partial charge < -0.3 is 9.31 Å². The van der Waals surface area contributed by atoms with Crippen molar-refractivity contribution in [3.8, 4) is 0 Å². The van der Waals surface area contributed by atoms with Crippen LogP contribution in [0, 0.1) is 5.41 Å². The van der Waals surface area contributed by atoms with Crippen LogP contribution in [0.25, 0.3) is 5.57 Å². The van der Waals surface area contributed by atoms with E-state index >= 15 is 4.39 Å². The highest BCUT2D eigenvalue weighted by Gasteiger charge is 2.54. The van der Waals surface area contributed by atoms with Crippen LogP contribution in [0.4, 0.5) is 4.39 Å². The molecule has 1 aromatic heterocycles. The van der Waals surface area contributed by atoms with Crippen LogP contribution in [0.1, 0.15) is 59.2 Å². The average molecular weight is 352 g/mol. The Morgan fingerprint density at radius 3 is 2.25 bits per heavy atom. The molecule has 130 valence electrons. The van der Waals surface area contributed by atoms with Crippen molar-refractivity contribution in [2.75, 3.05) is 0 Å². The molecule has 2 aliphatic rings. The zero-order valence-electron chi connectivity index (χ0n) is 15.2. The van der Waals surface area contributed by atoms with E-state index in [1.807, 2.05) is 33.8 Å². The van der Waals surface area contributed by atoms with Crippen LogP contribution in [-0.2, 0) is 15.7 Å². The predicted molar refractivity (Wildman–Crippen MR) is 95.5 cm³/mol. The third kappa shape index (κ3) is 3.02. The average Bonchev–Trinajstić information content (AvgIpc) is 2.64. The number of fused-ring (bicyclic) bond motifs is 1. The van der Waals surface area contributed by atoms with Gasteiger partial charge in [-0.05, 0) is 63.7 Å². The molecule has 0 atom stereocenters. The summed E-state index contributed by atoms with van der Waals surface area (Å²) in [6.07, 6.45) is 1.38. The van der Waals surface area contributed by atoms with Crippen LogP contribution in [0.3, 0.4) is 0 Å². The topological polar surface area (TPSA) is 31.4 Å². The molecule has 1 fully saturated rings. The van der Waals surface area contributed by atoms with E-state index in [9.17, 15) is 0 Å². The quantitative estimate of drug-likeness (QED) is 0.526. The van der Waals surface area contributed by atoms with Crippen molar-refractivity contribution in [3.05, 3.63) is 34.3 Å². The second-order valence-electron chi connectivity index (χ2n) is 8.56. The maximum absolute atomic E-state index is 15.4. The molecule has 1 aliphatic heterocycles. The van der Waals surface area contributed by atoms with Crippen molar-refractivity contribution in [2.45, 2.75) is 65.6 Å². The molecular weight excluding hydrogens is 327 g/mol. The highest BCUT2D eigenvalue weighted by Crippen LogP contribution is 2.46. The molecule has 0 aromatic carbocycles. The Kier molecular flexibility index (Phi) is 4.14. The second-order valence-corrected chi connectivity index (χ2v) is 8.95. The molecule has 1 aliphatic carbocycles. The zero-order chi connectivity index (χ0) is 17.9. The first-order valence-corrected chi connectivity index (χ1v) is 8.70.